The lowest BCUT2D eigenvalue weighted by atomic mass is 10.2. The van der Waals surface area contributed by atoms with Gasteiger partial charge < -0.3 is 20.1 Å². The quantitative estimate of drug-likeness (QED) is 0.635. The molecule has 0 fully saturated rings. The van der Waals surface area contributed by atoms with Crippen molar-refractivity contribution in [1.82, 2.24) is 10.6 Å². The molecule has 0 aromatic carbocycles. The van der Waals surface area contributed by atoms with Gasteiger partial charge in [0.1, 0.15) is 10.5 Å². The van der Waals surface area contributed by atoms with Crippen LogP contribution in [0.25, 0.3) is 0 Å². The van der Waals surface area contributed by atoms with Crippen molar-refractivity contribution in [3.05, 3.63) is 21.9 Å². The Morgan fingerprint density at radius 2 is 1.68 bits per heavy atom. The van der Waals surface area contributed by atoms with Gasteiger partial charge in [-0.05, 0) is 32.9 Å². The first kappa shape index (κ1) is 18.0. The SMILES string of the molecule is COC(=O)c1ccc(C(=O)NCCNC(=O)OC(C)(C)C)s1. The molecule has 1 rings (SSSR count). The van der Waals surface area contributed by atoms with Crippen LogP contribution in [0.4, 0.5) is 4.79 Å². The number of nitrogens with one attached hydrogen (secondary N) is 2. The Balaban J connectivity index is 2.33. The van der Waals surface area contributed by atoms with E-state index in [0.717, 1.165) is 11.3 Å². The molecule has 2 N–H and O–H groups in total. The maximum atomic E-state index is 11.8. The lowest BCUT2D eigenvalue weighted by Crippen LogP contribution is -2.37. The van der Waals surface area contributed by atoms with Gasteiger partial charge in [0, 0.05) is 13.1 Å². The zero-order valence-electron chi connectivity index (χ0n) is 13.0. The molecule has 0 saturated heterocycles. The summed E-state index contributed by atoms with van der Waals surface area (Å²) in [5.41, 5.74) is -0.561. The fourth-order valence-electron chi connectivity index (χ4n) is 1.41. The van der Waals surface area contributed by atoms with Crippen LogP contribution in [0.2, 0.25) is 0 Å². The van der Waals surface area contributed by atoms with Crippen molar-refractivity contribution in [3.63, 3.8) is 0 Å². The Labute approximate surface area is 133 Å². The highest BCUT2D eigenvalue weighted by Crippen LogP contribution is 2.17. The molecule has 0 spiro atoms. The van der Waals surface area contributed by atoms with E-state index in [0.29, 0.717) is 9.75 Å². The van der Waals surface area contributed by atoms with E-state index >= 15 is 0 Å². The van der Waals surface area contributed by atoms with E-state index in [9.17, 15) is 14.4 Å². The minimum Gasteiger partial charge on any atom is -0.465 e. The summed E-state index contributed by atoms with van der Waals surface area (Å²) >= 11 is 1.05. The van der Waals surface area contributed by atoms with Gasteiger partial charge in [-0.15, -0.1) is 11.3 Å². The van der Waals surface area contributed by atoms with Crippen molar-refractivity contribution in [2.24, 2.45) is 0 Å². The van der Waals surface area contributed by atoms with E-state index in [2.05, 4.69) is 15.4 Å². The summed E-state index contributed by atoms with van der Waals surface area (Å²) in [6.07, 6.45) is -0.536. The molecule has 2 amide bonds. The first-order chi connectivity index (χ1) is 10.2. The lowest BCUT2D eigenvalue weighted by Gasteiger charge is -2.19. The van der Waals surface area contributed by atoms with Crippen molar-refractivity contribution in [2.75, 3.05) is 20.2 Å². The summed E-state index contributed by atoms with van der Waals surface area (Å²) in [6.45, 7) is 5.80. The second-order valence-electron chi connectivity index (χ2n) is 5.34. The number of carbonyl (C=O) groups is 3. The van der Waals surface area contributed by atoms with E-state index in [1.54, 1.807) is 26.8 Å². The summed E-state index contributed by atoms with van der Waals surface area (Å²) in [6, 6.07) is 3.08. The lowest BCUT2D eigenvalue weighted by molar-refractivity contribution is 0.0525. The Morgan fingerprint density at radius 1 is 1.09 bits per heavy atom. The number of carbonyl (C=O) groups excluding carboxylic acids is 3. The highest BCUT2D eigenvalue weighted by atomic mass is 32.1. The molecule has 1 heterocycles. The first-order valence-corrected chi connectivity index (χ1v) is 7.48. The number of hydrogen-bond acceptors (Lipinski definition) is 6. The van der Waals surface area contributed by atoms with Gasteiger partial charge >= 0.3 is 12.1 Å². The third-order valence-corrected chi connectivity index (χ3v) is 3.36. The van der Waals surface area contributed by atoms with Gasteiger partial charge in [-0.25, -0.2) is 9.59 Å². The number of esters is 1. The smallest absolute Gasteiger partial charge is 0.407 e. The molecule has 0 radical (unpaired) electrons. The van der Waals surface area contributed by atoms with Gasteiger partial charge in [-0.2, -0.15) is 0 Å². The van der Waals surface area contributed by atoms with E-state index in [-0.39, 0.29) is 19.0 Å². The highest BCUT2D eigenvalue weighted by Gasteiger charge is 2.16. The normalized spacial score (nSPS) is 10.7. The van der Waals surface area contributed by atoms with E-state index < -0.39 is 17.7 Å². The van der Waals surface area contributed by atoms with Crippen LogP contribution < -0.4 is 10.6 Å². The minimum absolute atomic E-state index is 0.246. The second-order valence-corrected chi connectivity index (χ2v) is 6.42. The molecule has 7 nitrogen and oxygen atoms in total. The molecule has 22 heavy (non-hydrogen) atoms. The summed E-state index contributed by atoms with van der Waals surface area (Å²) in [7, 11) is 1.28. The van der Waals surface area contributed by atoms with Crippen molar-refractivity contribution in [1.29, 1.82) is 0 Å². The Morgan fingerprint density at radius 3 is 2.27 bits per heavy atom. The second kappa shape index (κ2) is 7.79. The molecule has 0 unspecified atom stereocenters. The summed E-state index contributed by atoms with van der Waals surface area (Å²) < 4.78 is 9.63. The largest absolute Gasteiger partial charge is 0.465 e. The number of alkyl carbamates (subject to hydrolysis) is 1. The average Bonchev–Trinajstić information content (AvgIpc) is 2.90. The number of thiophene rings is 1. The molecule has 0 bridgehead atoms. The monoisotopic (exact) mass is 328 g/mol. The van der Waals surface area contributed by atoms with Crippen LogP contribution in [-0.2, 0) is 9.47 Å². The predicted octanol–water partition coefficient (Wildman–Crippen LogP) is 1.79. The van der Waals surface area contributed by atoms with E-state index in [4.69, 9.17) is 4.74 Å². The van der Waals surface area contributed by atoms with Crippen molar-refractivity contribution >= 4 is 29.3 Å². The molecule has 122 valence electrons. The number of ether oxygens (including phenoxy) is 2. The van der Waals surface area contributed by atoms with Crippen LogP contribution in [0, 0.1) is 0 Å². The number of amides is 2. The van der Waals surface area contributed by atoms with Gasteiger partial charge in [0.2, 0.25) is 0 Å². The van der Waals surface area contributed by atoms with Gasteiger partial charge in [-0.3, -0.25) is 4.79 Å². The molecule has 8 heteroatoms. The third kappa shape index (κ3) is 6.13. The van der Waals surface area contributed by atoms with Crippen LogP contribution in [0.15, 0.2) is 12.1 Å². The topological polar surface area (TPSA) is 93.7 Å². The fraction of sp³-hybridized carbons (Fsp3) is 0.500. The predicted molar refractivity (Wildman–Crippen MR) is 82.2 cm³/mol. The van der Waals surface area contributed by atoms with Gasteiger partial charge in [0.25, 0.3) is 5.91 Å². The van der Waals surface area contributed by atoms with Gasteiger partial charge in [0.15, 0.2) is 0 Å². The standard InChI is InChI=1S/C14H20N2O5S/c1-14(2,3)21-13(19)16-8-7-15-11(17)9-5-6-10(22-9)12(18)20-4/h5-6H,7-8H2,1-4H3,(H,15,17)(H,16,19). The van der Waals surface area contributed by atoms with E-state index in [1.807, 2.05) is 0 Å². The molecule has 0 aliphatic rings. The molecule has 1 aromatic heterocycles. The summed E-state index contributed by atoms with van der Waals surface area (Å²) in [5, 5.41) is 5.17. The molecular formula is C14H20N2O5S. The maximum Gasteiger partial charge on any atom is 0.407 e. The third-order valence-electron chi connectivity index (χ3n) is 2.30. The van der Waals surface area contributed by atoms with Crippen molar-refractivity contribution in [3.8, 4) is 0 Å². The van der Waals surface area contributed by atoms with Gasteiger partial charge in [0.05, 0.1) is 12.0 Å². The van der Waals surface area contributed by atoms with Crippen molar-refractivity contribution in [2.45, 2.75) is 26.4 Å². The van der Waals surface area contributed by atoms with Crippen LogP contribution in [0.1, 0.15) is 40.1 Å². The Kier molecular flexibility index (Phi) is 6.36. The van der Waals surface area contributed by atoms with Gasteiger partial charge in [-0.1, -0.05) is 0 Å². The van der Waals surface area contributed by atoms with Crippen LogP contribution in [-0.4, -0.2) is 43.8 Å². The van der Waals surface area contributed by atoms with Crippen LogP contribution in [0.5, 0.6) is 0 Å². The molecule has 0 saturated carbocycles. The first-order valence-electron chi connectivity index (χ1n) is 6.66. The van der Waals surface area contributed by atoms with Crippen LogP contribution in [0.3, 0.4) is 0 Å². The summed E-state index contributed by atoms with van der Waals surface area (Å²) in [4.78, 5) is 35.3. The van der Waals surface area contributed by atoms with E-state index in [1.165, 1.54) is 13.2 Å². The van der Waals surface area contributed by atoms with Crippen molar-refractivity contribution < 1.29 is 23.9 Å². The number of hydrogen-bond donors (Lipinski definition) is 2. The highest BCUT2D eigenvalue weighted by molar-refractivity contribution is 7.15. The summed E-state index contributed by atoms with van der Waals surface area (Å²) in [5.74, 6) is -0.790. The number of methoxy groups -OCH3 is 1. The maximum absolute atomic E-state index is 11.8. The molecule has 0 aliphatic heterocycles. The number of rotatable bonds is 5. The Bertz CT molecular complexity index is 548. The minimum atomic E-state index is -0.561. The zero-order valence-corrected chi connectivity index (χ0v) is 13.8. The van der Waals surface area contributed by atoms with Crippen LogP contribution >= 0.6 is 11.3 Å². The molecule has 0 atom stereocenters. The average molecular weight is 328 g/mol. The molecular weight excluding hydrogens is 308 g/mol. The molecule has 0 aliphatic carbocycles. The zero-order chi connectivity index (χ0) is 16.8. The fourth-order valence-corrected chi connectivity index (χ4v) is 2.25. The Hall–Kier alpha value is -2.09. The molecule has 1 aromatic rings.